The Morgan fingerprint density at radius 3 is 2.35 bits per heavy atom. The molecule has 2 heterocycles. The summed E-state index contributed by atoms with van der Waals surface area (Å²) in [4.78, 5) is 40.2. The van der Waals surface area contributed by atoms with E-state index in [0.717, 1.165) is 43.2 Å². The van der Waals surface area contributed by atoms with E-state index in [0.29, 0.717) is 37.4 Å². The van der Waals surface area contributed by atoms with Crippen molar-refractivity contribution in [3.63, 3.8) is 0 Å². The Morgan fingerprint density at radius 1 is 1.00 bits per heavy atom. The molecule has 0 aromatic heterocycles. The molecule has 0 spiro atoms. The van der Waals surface area contributed by atoms with Gasteiger partial charge in [0.15, 0.2) is 11.5 Å². The van der Waals surface area contributed by atoms with Gasteiger partial charge in [-0.3, -0.25) is 14.4 Å². The second kappa shape index (κ2) is 10.5. The number of methoxy groups -OCH3 is 3. The fraction of sp³-hybridized carbons (Fsp3) is 0.609. The van der Waals surface area contributed by atoms with Crippen LogP contribution in [0.2, 0.25) is 0 Å². The first-order chi connectivity index (χ1) is 15.0. The van der Waals surface area contributed by atoms with E-state index in [1.807, 2.05) is 17.0 Å². The highest BCUT2D eigenvalue weighted by Crippen LogP contribution is 2.39. The molecule has 1 saturated heterocycles. The predicted molar refractivity (Wildman–Crippen MR) is 114 cm³/mol. The van der Waals surface area contributed by atoms with Crippen LogP contribution in [0.1, 0.15) is 55.7 Å². The van der Waals surface area contributed by atoms with Crippen molar-refractivity contribution >= 4 is 17.8 Å². The van der Waals surface area contributed by atoms with E-state index in [1.165, 1.54) is 7.11 Å². The molecule has 2 aliphatic heterocycles. The summed E-state index contributed by atoms with van der Waals surface area (Å²) >= 11 is 0. The zero-order valence-electron chi connectivity index (χ0n) is 18.6. The van der Waals surface area contributed by atoms with E-state index in [-0.39, 0.29) is 30.4 Å². The number of fused-ring (bicyclic) bond motifs is 3. The van der Waals surface area contributed by atoms with E-state index < -0.39 is 0 Å². The summed E-state index contributed by atoms with van der Waals surface area (Å²) in [7, 11) is 4.59. The van der Waals surface area contributed by atoms with Crippen LogP contribution in [-0.2, 0) is 25.5 Å². The van der Waals surface area contributed by atoms with Gasteiger partial charge in [0.25, 0.3) is 0 Å². The minimum Gasteiger partial charge on any atom is -0.493 e. The number of ether oxygens (including phenoxy) is 3. The molecule has 3 rings (SSSR count). The maximum Gasteiger partial charge on any atom is 0.305 e. The number of piperazine rings is 1. The van der Waals surface area contributed by atoms with Gasteiger partial charge in [0.2, 0.25) is 11.8 Å². The highest BCUT2D eigenvalue weighted by Gasteiger charge is 2.39. The Kier molecular flexibility index (Phi) is 7.76. The minimum absolute atomic E-state index is 0.00793. The van der Waals surface area contributed by atoms with Crippen molar-refractivity contribution in [1.29, 1.82) is 0 Å². The molecule has 8 nitrogen and oxygen atoms in total. The largest absolute Gasteiger partial charge is 0.493 e. The first kappa shape index (κ1) is 22.9. The number of carbonyl (C=O) groups is 3. The molecule has 2 amide bonds. The molecule has 1 fully saturated rings. The summed E-state index contributed by atoms with van der Waals surface area (Å²) in [5.41, 5.74) is 2.16. The van der Waals surface area contributed by atoms with Crippen LogP contribution in [-0.4, -0.2) is 68.5 Å². The average molecular weight is 433 g/mol. The third kappa shape index (κ3) is 5.29. The molecule has 8 heteroatoms. The lowest BCUT2D eigenvalue weighted by Gasteiger charge is -2.44. The SMILES string of the molecule is COC(=O)CCCCCCC(=O)N1CC(=O)N2CCc3cc(OC)c(OC)cc3C2C1. The van der Waals surface area contributed by atoms with Gasteiger partial charge in [0, 0.05) is 25.9 Å². The lowest BCUT2D eigenvalue weighted by atomic mass is 9.90. The van der Waals surface area contributed by atoms with Crippen LogP contribution in [0.25, 0.3) is 0 Å². The number of rotatable bonds is 9. The minimum atomic E-state index is -0.200. The van der Waals surface area contributed by atoms with Crippen molar-refractivity contribution in [2.24, 2.45) is 0 Å². The fourth-order valence-electron chi connectivity index (χ4n) is 4.40. The van der Waals surface area contributed by atoms with Crippen molar-refractivity contribution in [1.82, 2.24) is 9.80 Å². The van der Waals surface area contributed by atoms with Gasteiger partial charge in [0.05, 0.1) is 33.9 Å². The molecular formula is C23H32N2O6. The maximum atomic E-state index is 12.8. The van der Waals surface area contributed by atoms with Gasteiger partial charge >= 0.3 is 5.97 Å². The molecule has 2 aliphatic rings. The first-order valence-corrected chi connectivity index (χ1v) is 10.9. The van der Waals surface area contributed by atoms with Crippen molar-refractivity contribution in [2.75, 3.05) is 41.0 Å². The highest BCUT2D eigenvalue weighted by atomic mass is 16.5. The zero-order valence-corrected chi connectivity index (χ0v) is 18.6. The number of hydrogen-bond acceptors (Lipinski definition) is 6. The summed E-state index contributed by atoms with van der Waals surface area (Å²) in [6.45, 7) is 1.28. The molecule has 1 unspecified atom stereocenters. The highest BCUT2D eigenvalue weighted by molar-refractivity contribution is 5.87. The average Bonchev–Trinajstić information content (AvgIpc) is 2.79. The summed E-state index contributed by atoms with van der Waals surface area (Å²) in [6.07, 6.45) is 4.86. The van der Waals surface area contributed by atoms with Crippen molar-refractivity contribution in [2.45, 2.75) is 51.0 Å². The number of hydrogen-bond donors (Lipinski definition) is 0. The van der Waals surface area contributed by atoms with Crippen LogP contribution in [0.3, 0.4) is 0 Å². The Hall–Kier alpha value is -2.77. The molecule has 1 aromatic carbocycles. The number of esters is 1. The van der Waals surface area contributed by atoms with Gasteiger partial charge in [-0.1, -0.05) is 12.8 Å². The number of benzene rings is 1. The lowest BCUT2D eigenvalue weighted by molar-refractivity contribution is -0.149. The molecule has 0 radical (unpaired) electrons. The van der Waals surface area contributed by atoms with Crippen molar-refractivity contribution < 1.29 is 28.6 Å². The standard InChI is InChI=1S/C23H32N2O6/c1-29-19-12-16-10-11-25-18(17(16)13-20(19)30-2)14-24(15-22(25)27)21(26)8-6-4-5-7-9-23(28)31-3/h12-13,18H,4-11,14-15H2,1-3H3. The van der Waals surface area contributed by atoms with Crippen LogP contribution in [0.15, 0.2) is 12.1 Å². The number of amides is 2. The van der Waals surface area contributed by atoms with Gasteiger partial charge in [0.1, 0.15) is 0 Å². The van der Waals surface area contributed by atoms with E-state index in [1.54, 1.807) is 19.1 Å². The second-order valence-corrected chi connectivity index (χ2v) is 8.02. The Bertz CT molecular complexity index is 825. The molecule has 31 heavy (non-hydrogen) atoms. The molecular weight excluding hydrogens is 400 g/mol. The maximum absolute atomic E-state index is 12.8. The molecule has 0 aliphatic carbocycles. The Balaban J connectivity index is 1.60. The number of carbonyl (C=O) groups excluding carboxylic acids is 3. The van der Waals surface area contributed by atoms with Gasteiger partial charge in [-0.25, -0.2) is 0 Å². The third-order valence-electron chi connectivity index (χ3n) is 6.14. The van der Waals surface area contributed by atoms with Crippen LogP contribution >= 0.6 is 0 Å². The Morgan fingerprint density at radius 2 is 1.68 bits per heavy atom. The lowest BCUT2D eigenvalue weighted by Crippen LogP contribution is -2.55. The fourth-order valence-corrected chi connectivity index (χ4v) is 4.40. The van der Waals surface area contributed by atoms with Crippen LogP contribution in [0.5, 0.6) is 11.5 Å². The third-order valence-corrected chi connectivity index (χ3v) is 6.14. The zero-order chi connectivity index (χ0) is 22.4. The second-order valence-electron chi connectivity index (χ2n) is 8.02. The topological polar surface area (TPSA) is 85.4 Å². The summed E-state index contributed by atoms with van der Waals surface area (Å²) < 4.78 is 15.5. The predicted octanol–water partition coefficient (Wildman–Crippen LogP) is 2.49. The van der Waals surface area contributed by atoms with E-state index in [4.69, 9.17) is 9.47 Å². The van der Waals surface area contributed by atoms with E-state index >= 15 is 0 Å². The molecule has 1 aromatic rings. The molecule has 1 atom stereocenters. The van der Waals surface area contributed by atoms with Gasteiger partial charge in [-0.15, -0.1) is 0 Å². The summed E-state index contributed by atoms with van der Waals surface area (Å²) in [5.74, 6) is 1.11. The number of nitrogens with zero attached hydrogens (tertiary/aromatic N) is 2. The van der Waals surface area contributed by atoms with Crippen molar-refractivity contribution in [3.8, 4) is 11.5 Å². The molecule has 0 bridgehead atoms. The first-order valence-electron chi connectivity index (χ1n) is 10.9. The molecule has 170 valence electrons. The summed E-state index contributed by atoms with van der Waals surface area (Å²) in [6, 6.07) is 3.76. The van der Waals surface area contributed by atoms with Crippen LogP contribution in [0.4, 0.5) is 0 Å². The normalized spacial score (nSPS) is 17.6. The monoisotopic (exact) mass is 432 g/mol. The molecule has 0 saturated carbocycles. The number of unbranched alkanes of at least 4 members (excludes halogenated alkanes) is 3. The summed E-state index contributed by atoms with van der Waals surface area (Å²) in [5, 5.41) is 0. The quantitative estimate of drug-likeness (QED) is 0.440. The van der Waals surface area contributed by atoms with Crippen LogP contribution < -0.4 is 9.47 Å². The van der Waals surface area contributed by atoms with Gasteiger partial charge < -0.3 is 24.0 Å². The van der Waals surface area contributed by atoms with Gasteiger partial charge in [-0.2, -0.15) is 0 Å². The van der Waals surface area contributed by atoms with Crippen molar-refractivity contribution in [3.05, 3.63) is 23.3 Å². The molecule has 0 N–H and O–H groups in total. The van der Waals surface area contributed by atoms with E-state index in [9.17, 15) is 14.4 Å². The van der Waals surface area contributed by atoms with Crippen LogP contribution in [0, 0.1) is 0 Å². The van der Waals surface area contributed by atoms with E-state index in [2.05, 4.69) is 4.74 Å². The Labute approximate surface area is 183 Å². The smallest absolute Gasteiger partial charge is 0.305 e. The van der Waals surface area contributed by atoms with Gasteiger partial charge in [-0.05, 0) is 42.5 Å².